The molecular weight excluding hydrogens is 238 g/mol. The molecule has 1 aliphatic heterocycles. The van der Waals surface area contributed by atoms with Gasteiger partial charge in [-0.3, -0.25) is 0 Å². The van der Waals surface area contributed by atoms with E-state index in [-0.39, 0.29) is 11.8 Å². The Morgan fingerprint density at radius 2 is 1.94 bits per heavy atom. The highest BCUT2D eigenvalue weighted by molar-refractivity contribution is 7.89. The van der Waals surface area contributed by atoms with Gasteiger partial charge in [0.25, 0.3) is 0 Å². The zero-order valence-corrected chi connectivity index (χ0v) is 11.3. The molecule has 1 rings (SSSR count). The van der Waals surface area contributed by atoms with Gasteiger partial charge in [-0.15, -0.1) is 0 Å². The fourth-order valence-electron chi connectivity index (χ4n) is 1.96. The molecular formula is C11H23N3O2S. The van der Waals surface area contributed by atoms with Crippen molar-refractivity contribution < 1.29 is 8.42 Å². The maximum absolute atomic E-state index is 12.0. The first kappa shape index (κ1) is 14.6. The van der Waals surface area contributed by atoms with Crippen LogP contribution in [0, 0.1) is 5.41 Å². The lowest BCUT2D eigenvalue weighted by Crippen LogP contribution is -2.43. The minimum Gasteiger partial charge on any atom is -0.328 e. The number of sulfonamides is 1. The van der Waals surface area contributed by atoms with Gasteiger partial charge >= 0.3 is 0 Å². The zero-order chi connectivity index (χ0) is 12.9. The van der Waals surface area contributed by atoms with Crippen molar-refractivity contribution in [1.82, 2.24) is 4.31 Å². The van der Waals surface area contributed by atoms with Crippen molar-refractivity contribution in [3.63, 3.8) is 0 Å². The molecule has 1 heterocycles. The van der Waals surface area contributed by atoms with Crippen LogP contribution >= 0.6 is 0 Å². The normalized spacial score (nSPS) is 19.4. The van der Waals surface area contributed by atoms with E-state index in [1.165, 1.54) is 4.31 Å². The molecule has 0 aromatic heterocycles. The third-order valence-electron chi connectivity index (χ3n) is 3.11. The van der Waals surface area contributed by atoms with Crippen LogP contribution in [0.4, 0.5) is 0 Å². The van der Waals surface area contributed by atoms with Gasteiger partial charge in [-0.25, -0.2) is 12.7 Å². The van der Waals surface area contributed by atoms with Crippen molar-refractivity contribution in [3.05, 3.63) is 0 Å². The number of hydrogen-bond donors (Lipinski definition) is 2. The number of nitrogens with two attached hydrogens (primary N) is 1. The second-order valence-electron chi connectivity index (χ2n) is 4.66. The SMILES string of the molecule is CCCC(=N)CCS(=O)(=O)N1CCC(N)CC1. The molecule has 6 heteroatoms. The minimum atomic E-state index is -3.18. The molecule has 1 saturated heterocycles. The molecule has 100 valence electrons. The maximum atomic E-state index is 12.0. The van der Waals surface area contributed by atoms with E-state index in [0.29, 0.717) is 31.6 Å². The molecule has 3 N–H and O–H groups in total. The molecule has 0 aromatic carbocycles. The second kappa shape index (κ2) is 6.47. The molecule has 0 spiro atoms. The quantitative estimate of drug-likeness (QED) is 0.698. The van der Waals surface area contributed by atoms with Crippen molar-refractivity contribution in [3.8, 4) is 0 Å². The van der Waals surface area contributed by atoms with Crippen molar-refractivity contribution in [2.45, 2.75) is 45.1 Å². The van der Waals surface area contributed by atoms with E-state index in [0.717, 1.165) is 19.3 Å². The summed E-state index contributed by atoms with van der Waals surface area (Å²) in [5, 5.41) is 7.61. The Morgan fingerprint density at radius 3 is 2.47 bits per heavy atom. The highest BCUT2D eigenvalue weighted by Gasteiger charge is 2.26. The predicted octanol–water partition coefficient (Wildman–Crippen LogP) is 0.949. The standard InChI is InChI=1S/C11H23N3O2S/c1-2-3-10(12)6-9-17(15,16)14-7-4-11(13)5-8-14/h11-12H,2-9,13H2,1H3. The third-order valence-corrected chi connectivity index (χ3v) is 4.98. The molecule has 1 fully saturated rings. The van der Waals surface area contributed by atoms with Crippen LogP contribution in [0.25, 0.3) is 0 Å². The zero-order valence-electron chi connectivity index (χ0n) is 10.5. The van der Waals surface area contributed by atoms with E-state index in [9.17, 15) is 8.42 Å². The van der Waals surface area contributed by atoms with Crippen LogP contribution in [0.1, 0.15) is 39.0 Å². The van der Waals surface area contributed by atoms with Crippen molar-refractivity contribution in [2.75, 3.05) is 18.8 Å². The topological polar surface area (TPSA) is 87.2 Å². The van der Waals surface area contributed by atoms with Crippen LogP contribution in [-0.4, -0.2) is 43.3 Å². The van der Waals surface area contributed by atoms with Gasteiger partial charge in [-0.2, -0.15) is 0 Å². The summed E-state index contributed by atoms with van der Waals surface area (Å²) in [6.07, 6.45) is 3.44. The molecule has 17 heavy (non-hydrogen) atoms. The largest absolute Gasteiger partial charge is 0.328 e. The lowest BCUT2D eigenvalue weighted by Gasteiger charge is -2.29. The smallest absolute Gasteiger partial charge is 0.214 e. The molecule has 0 aliphatic carbocycles. The van der Waals surface area contributed by atoms with E-state index >= 15 is 0 Å². The Morgan fingerprint density at radius 1 is 1.35 bits per heavy atom. The lowest BCUT2D eigenvalue weighted by atomic mass is 10.1. The monoisotopic (exact) mass is 261 g/mol. The van der Waals surface area contributed by atoms with Gasteiger partial charge in [-0.05, 0) is 19.3 Å². The van der Waals surface area contributed by atoms with Gasteiger partial charge in [0.05, 0.1) is 5.75 Å². The number of nitrogens with one attached hydrogen (secondary N) is 1. The van der Waals surface area contributed by atoms with Gasteiger partial charge < -0.3 is 11.1 Å². The van der Waals surface area contributed by atoms with Crippen molar-refractivity contribution >= 4 is 15.7 Å². The predicted molar refractivity (Wildman–Crippen MR) is 69.8 cm³/mol. The number of nitrogens with zero attached hydrogens (tertiary/aromatic N) is 1. The Kier molecular flexibility index (Phi) is 5.55. The average Bonchev–Trinajstić information content (AvgIpc) is 2.28. The third kappa shape index (κ3) is 4.73. The van der Waals surface area contributed by atoms with Crippen LogP contribution in [-0.2, 0) is 10.0 Å². The molecule has 0 radical (unpaired) electrons. The van der Waals surface area contributed by atoms with Gasteiger partial charge in [0, 0.05) is 31.3 Å². The Balaban J connectivity index is 2.43. The number of hydrogen-bond acceptors (Lipinski definition) is 4. The summed E-state index contributed by atoms with van der Waals surface area (Å²) < 4.78 is 25.5. The molecule has 0 aromatic rings. The Bertz CT molecular complexity index is 346. The summed E-state index contributed by atoms with van der Waals surface area (Å²) >= 11 is 0. The molecule has 0 unspecified atom stereocenters. The van der Waals surface area contributed by atoms with Crippen molar-refractivity contribution in [2.24, 2.45) is 5.73 Å². The lowest BCUT2D eigenvalue weighted by molar-refractivity contribution is 0.320. The van der Waals surface area contributed by atoms with Gasteiger partial charge in [-0.1, -0.05) is 13.3 Å². The van der Waals surface area contributed by atoms with Gasteiger partial charge in [0.2, 0.25) is 10.0 Å². The Labute approximate surface area is 104 Å². The second-order valence-corrected chi connectivity index (χ2v) is 6.74. The number of piperidine rings is 1. The molecule has 0 bridgehead atoms. The highest BCUT2D eigenvalue weighted by atomic mass is 32.2. The van der Waals surface area contributed by atoms with Crippen LogP contribution < -0.4 is 5.73 Å². The van der Waals surface area contributed by atoms with Crippen molar-refractivity contribution in [1.29, 1.82) is 5.41 Å². The number of rotatable bonds is 6. The summed E-state index contributed by atoms with van der Waals surface area (Å²) in [4.78, 5) is 0. The van der Waals surface area contributed by atoms with Crippen LogP contribution in [0.3, 0.4) is 0 Å². The van der Waals surface area contributed by atoms with E-state index in [4.69, 9.17) is 11.1 Å². The maximum Gasteiger partial charge on any atom is 0.214 e. The molecule has 1 aliphatic rings. The minimum absolute atomic E-state index is 0.0705. The molecule has 0 atom stereocenters. The molecule has 0 saturated carbocycles. The summed E-state index contributed by atoms with van der Waals surface area (Å²) in [5.74, 6) is 0.0705. The van der Waals surface area contributed by atoms with Gasteiger partial charge in [0.15, 0.2) is 0 Å². The summed E-state index contributed by atoms with van der Waals surface area (Å²) in [6, 6.07) is 0.139. The fraction of sp³-hybridized carbons (Fsp3) is 0.909. The first-order chi connectivity index (χ1) is 7.95. The average molecular weight is 261 g/mol. The highest BCUT2D eigenvalue weighted by Crippen LogP contribution is 2.14. The first-order valence-corrected chi connectivity index (χ1v) is 7.86. The van der Waals surface area contributed by atoms with Gasteiger partial charge in [0.1, 0.15) is 0 Å². The Hall–Kier alpha value is -0.460. The summed E-state index contributed by atoms with van der Waals surface area (Å²) in [6.45, 7) is 3.06. The van der Waals surface area contributed by atoms with Crippen LogP contribution in [0.5, 0.6) is 0 Å². The van der Waals surface area contributed by atoms with E-state index < -0.39 is 10.0 Å². The molecule has 0 amide bonds. The fourth-order valence-corrected chi connectivity index (χ4v) is 3.49. The summed E-state index contributed by atoms with van der Waals surface area (Å²) in [5.41, 5.74) is 6.28. The van der Waals surface area contributed by atoms with Crippen LogP contribution in [0.15, 0.2) is 0 Å². The van der Waals surface area contributed by atoms with E-state index in [2.05, 4.69) is 0 Å². The van der Waals surface area contributed by atoms with Crippen LogP contribution in [0.2, 0.25) is 0 Å². The van der Waals surface area contributed by atoms with E-state index in [1.54, 1.807) is 0 Å². The molecule has 5 nitrogen and oxygen atoms in total. The summed E-state index contributed by atoms with van der Waals surface area (Å²) in [7, 11) is -3.18. The first-order valence-electron chi connectivity index (χ1n) is 6.25. The van der Waals surface area contributed by atoms with E-state index in [1.807, 2.05) is 6.92 Å².